The van der Waals surface area contributed by atoms with E-state index in [0.29, 0.717) is 33.0 Å². The Morgan fingerprint density at radius 2 is 1.28 bits per heavy atom. The van der Waals surface area contributed by atoms with E-state index in [2.05, 4.69) is 26.3 Å². The molecule has 6 nitrogen and oxygen atoms in total. The van der Waals surface area contributed by atoms with Gasteiger partial charge in [0.15, 0.2) is 6.29 Å². The fraction of sp³-hybridized carbons (Fsp3) is 0.579. The SMILES string of the molecule is C=CCOCC1OC(OC)C(OCC=C)C(OCC=C)C1OCC=C. The van der Waals surface area contributed by atoms with Gasteiger partial charge in [-0.15, -0.1) is 26.3 Å². The van der Waals surface area contributed by atoms with Gasteiger partial charge in [0.25, 0.3) is 0 Å². The van der Waals surface area contributed by atoms with E-state index < -0.39 is 24.6 Å². The van der Waals surface area contributed by atoms with Crippen LogP contribution in [0.1, 0.15) is 0 Å². The Hall–Kier alpha value is -1.28. The van der Waals surface area contributed by atoms with Crippen molar-refractivity contribution in [3.8, 4) is 0 Å². The van der Waals surface area contributed by atoms with Gasteiger partial charge in [-0.2, -0.15) is 0 Å². The summed E-state index contributed by atoms with van der Waals surface area (Å²) < 4.78 is 34.7. The Bertz CT molecular complexity index is 411. The van der Waals surface area contributed by atoms with Crippen molar-refractivity contribution in [2.75, 3.05) is 40.1 Å². The highest BCUT2D eigenvalue weighted by Gasteiger charge is 2.48. The highest BCUT2D eigenvalue weighted by molar-refractivity contribution is 4.94. The zero-order valence-corrected chi connectivity index (χ0v) is 15.0. The van der Waals surface area contributed by atoms with Crippen LogP contribution in [0, 0.1) is 0 Å². The van der Waals surface area contributed by atoms with Crippen molar-refractivity contribution in [3.63, 3.8) is 0 Å². The first-order valence-electron chi connectivity index (χ1n) is 8.27. The molecule has 0 aliphatic carbocycles. The number of rotatable bonds is 14. The van der Waals surface area contributed by atoms with Gasteiger partial charge in [-0.25, -0.2) is 0 Å². The predicted octanol–water partition coefficient (Wildman–Crippen LogP) is 2.27. The molecule has 0 spiro atoms. The summed E-state index contributed by atoms with van der Waals surface area (Å²) in [6.07, 6.45) is 4.38. The molecule has 5 unspecified atom stereocenters. The van der Waals surface area contributed by atoms with Crippen molar-refractivity contribution >= 4 is 0 Å². The molecule has 1 rings (SSSR count). The largest absolute Gasteiger partial charge is 0.375 e. The first kappa shape index (κ1) is 21.8. The van der Waals surface area contributed by atoms with E-state index >= 15 is 0 Å². The van der Waals surface area contributed by atoms with Gasteiger partial charge in [0.1, 0.15) is 24.4 Å². The van der Waals surface area contributed by atoms with Crippen molar-refractivity contribution in [2.45, 2.75) is 30.7 Å². The zero-order valence-electron chi connectivity index (χ0n) is 15.0. The van der Waals surface area contributed by atoms with E-state index in [-0.39, 0.29) is 6.10 Å². The lowest BCUT2D eigenvalue weighted by Gasteiger charge is -2.45. The Balaban J connectivity index is 3.00. The van der Waals surface area contributed by atoms with Crippen LogP contribution in [0.5, 0.6) is 0 Å². The Kier molecular flexibility index (Phi) is 11.3. The van der Waals surface area contributed by atoms with E-state index in [0.717, 1.165) is 0 Å². The third-order valence-electron chi connectivity index (χ3n) is 3.56. The van der Waals surface area contributed by atoms with Crippen molar-refractivity contribution < 1.29 is 28.4 Å². The maximum Gasteiger partial charge on any atom is 0.186 e. The molecule has 1 aliphatic heterocycles. The fourth-order valence-electron chi connectivity index (χ4n) is 2.57. The molecule has 6 heteroatoms. The lowest BCUT2D eigenvalue weighted by molar-refractivity contribution is -0.314. The van der Waals surface area contributed by atoms with Crippen LogP contribution >= 0.6 is 0 Å². The molecule has 0 N–H and O–H groups in total. The maximum atomic E-state index is 6.01. The first-order valence-corrected chi connectivity index (χ1v) is 8.27. The van der Waals surface area contributed by atoms with Crippen LogP contribution < -0.4 is 0 Å². The molecule has 0 saturated carbocycles. The molecular formula is C19H30O6. The number of hydrogen-bond acceptors (Lipinski definition) is 6. The zero-order chi connectivity index (χ0) is 18.5. The van der Waals surface area contributed by atoms with Crippen LogP contribution in [0.3, 0.4) is 0 Å². The van der Waals surface area contributed by atoms with Crippen molar-refractivity contribution in [1.29, 1.82) is 0 Å². The van der Waals surface area contributed by atoms with Gasteiger partial charge < -0.3 is 28.4 Å². The molecule has 142 valence electrons. The van der Waals surface area contributed by atoms with Crippen LogP contribution in [0.15, 0.2) is 50.6 Å². The second kappa shape index (κ2) is 13.0. The minimum Gasteiger partial charge on any atom is -0.375 e. The summed E-state index contributed by atoms with van der Waals surface area (Å²) in [5.41, 5.74) is 0. The molecule has 0 aromatic carbocycles. The van der Waals surface area contributed by atoms with Crippen LogP contribution in [-0.4, -0.2) is 70.9 Å². The quantitative estimate of drug-likeness (QED) is 0.352. The Morgan fingerprint density at radius 3 is 1.80 bits per heavy atom. The first-order chi connectivity index (χ1) is 12.2. The van der Waals surface area contributed by atoms with Gasteiger partial charge in [-0.1, -0.05) is 24.3 Å². The van der Waals surface area contributed by atoms with Gasteiger partial charge in [-0.05, 0) is 0 Å². The van der Waals surface area contributed by atoms with Crippen LogP contribution in [0.4, 0.5) is 0 Å². The smallest absolute Gasteiger partial charge is 0.186 e. The fourth-order valence-corrected chi connectivity index (χ4v) is 2.57. The summed E-state index contributed by atoms with van der Waals surface area (Å²) in [7, 11) is 1.56. The second-order valence-electron chi connectivity index (χ2n) is 5.36. The third kappa shape index (κ3) is 6.86. The average molecular weight is 354 g/mol. The molecular weight excluding hydrogens is 324 g/mol. The lowest BCUT2D eigenvalue weighted by atomic mass is 9.98. The van der Waals surface area contributed by atoms with Crippen LogP contribution in [0.2, 0.25) is 0 Å². The number of ether oxygens (including phenoxy) is 6. The van der Waals surface area contributed by atoms with Gasteiger partial charge in [-0.3, -0.25) is 0 Å². The van der Waals surface area contributed by atoms with Crippen molar-refractivity contribution in [2.24, 2.45) is 0 Å². The van der Waals surface area contributed by atoms with E-state index in [4.69, 9.17) is 28.4 Å². The normalized spacial score (nSPS) is 29.1. The monoisotopic (exact) mass is 354 g/mol. The Morgan fingerprint density at radius 1 is 0.760 bits per heavy atom. The van der Waals surface area contributed by atoms with E-state index in [1.54, 1.807) is 31.4 Å². The molecule has 0 aromatic heterocycles. The average Bonchev–Trinajstić information content (AvgIpc) is 2.63. The molecule has 0 amide bonds. The van der Waals surface area contributed by atoms with Gasteiger partial charge >= 0.3 is 0 Å². The lowest BCUT2D eigenvalue weighted by Crippen LogP contribution is -2.61. The minimum atomic E-state index is -0.615. The van der Waals surface area contributed by atoms with Gasteiger partial charge in [0, 0.05) is 7.11 Å². The third-order valence-corrected chi connectivity index (χ3v) is 3.56. The molecule has 5 atom stereocenters. The van der Waals surface area contributed by atoms with Gasteiger partial charge in [0.05, 0.1) is 33.0 Å². The molecule has 0 bridgehead atoms. The van der Waals surface area contributed by atoms with Crippen LogP contribution in [0.25, 0.3) is 0 Å². The molecule has 0 radical (unpaired) electrons. The van der Waals surface area contributed by atoms with Gasteiger partial charge in [0.2, 0.25) is 0 Å². The van der Waals surface area contributed by atoms with E-state index in [1.165, 1.54) is 0 Å². The number of hydrogen-bond donors (Lipinski definition) is 0. The maximum absolute atomic E-state index is 6.01. The van der Waals surface area contributed by atoms with E-state index in [1.807, 2.05) is 0 Å². The Labute approximate surface area is 150 Å². The summed E-state index contributed by atoms with van der Waals surface area (Å²) in [5.74, 6) is 0. The topological polar surface area (TPSA) is 55.4 Å². The van der Waals surface area contributed by atoms with Crippen molar-refractivity contribution in [3.05, 3.63) is 50.6 Å². The summed E-state index contributed by atoms with van der Waals surface area (Å²) in [4.78, 5) is 0. The highest BCUT2D eigenvalue weighted by Crippen LogP contribution is 2.29. The summed E-state index contributed by atoms with van der Waals surface area (Å²) in [5, 5.41) is 0. The molecule has 0 aromatic rings. The predicted molar refractivity (Wildman–Crippen MR) is 96.5 cm³/mol. The molecule has 1 saturated heterocycles. The summed E-state index contributed by atoms with van der Waals surface area (Å²) in [6, 6.07) is 0. The molecule has 1 fully saturated rings. The molecule has 25 heavy (non-hydrogen) atoms. The highest BCUT2D eigenvalue weighted by atomic mass is 16.7. The molecule has 1 aliphatic rings. The second-order valence-corrected chi connectivity index (χ2v) is 5.36. The number of methoxy groups -OCH3 is 1. The summed E-state index contributed by atoms with van der Waals surface area (Å²) in [6.45, 7) is 16.5. The van der Waals surface area contributed by atoms with Crippen LogP contribution in [-0.2, 0) is 28.4 Å². The standard InChI is InChI=1S/C19H30O6/c1-6-10-21-14-15-16(22-11-7-2)17(23-12-8-3)18(24-13-9-4)19(20-5)25-15/h6-9,15-19H,1-4,10-14H2,5H3. The van der Waals surface area contributed by atoms with Crippen molar-refractivity contribution in [1.82, 2.24) is 0 Å². The molecule has 1 heterocycles. The minimum absolute atomic E-state index is 0.315. The van der Waals surface area contributed by atoms with E-state index in [9.17, 15) is 0 Å². The summed E-state index contributed by atoms with van der Waals surface area (Å²) >= 11 is 0.